The second-order valence-electron chi connectivity index (χ2n) is 7.78. The first-order chi connectivity index (χ1) is 14.9. The quantitative estimate of drug-likeness (QED) is 0.664. The van der Waals surface area contributed by atoms with Gasteiger partial charge in [-0.3, -0.25) is 9.59 Å². The Balaban J connectivity index is 1.63. The van der Waals surface area contributed by atoms with Crippen molar-refractivity contribution in [3.63, 3.8) is 0 Å². The van der Waals surface area contributed by atoms with Gasteiger partial charge in [-0.25, -0.2) is 4.98 Å². The third-order valence-electron chi connectivity index (χ3n) is 5.45. The van der Waals surface area contributed by atoms with E-state index in [4.69, 9.17) is 4.98 Å². The fraction of sp³-hybridized carbons (Fsp3) is 0.417. The van der Waals surface area contributed by atoms with E-state index in [1.165, 1.54) is 16.7 Å². The van der Waals surface area contributed by atoms with Gasteiger partial charge < -0.3 is 10.2 Å². The third kappa shape index (κ3) is 5.65. The minimum absolute atomic E-state index is 0.0372. The smallest absolute Gasteiger partial charge is 0.243 e. The van der Waals surface area contributed by atoms with Crippen molar-refractivity contribution in [2.75, 3.05) is 18.9 Å². The minimum atomic E-state index is -0.457. The zero-order chi connectivity index (χ0) is 22.4. The van der Waals surface area contributed by atoms with Crippen molar-refractivity contribution in [3.8, 4) is 6.07 Å². The fourth-order valence-electron chi connectivity index (χ4n) is 3.75. The second kappa shape index (κ2) is 10.5. The largest absolute Gasteiger partial charge is 0.335 e. The summed E-state index contributed by atoms with van der Waals surface area (Å²) in [7, 11) is 1.62. The van der Waals surface area contributed by atoms with E-state index in [1.54, 1.807) is 14.0 Å². The van der Waals surface area contributed by atoms with Crippen LogP contribution >= 0.6 is 11.8 Å². The monoisotopic (exact) mass is 436 g/mol. The lowest BCUT2D eigenvalue weighted by molar-refractivity contribution is -0.132. The molecule has 1 aliphatic rings. The maximum absolute atomic E-state index is 12.9. The first-order valence-electron chi connectivity index (χ1n) is 10.6. The molecule has 2 amide bonds. The Morgan fingerprint density at radius 2 is 2.03 bits per heavy atom. The van der Waals surface area contributed by atoms with Crippen LogP contribution in [0.4, 0.5) is 5.69 Å². The average Bonchev–Trinajstić information content (AvgIpc) is 2.78. The number of likely N-dealkylation sites (N-methyl/N-ethyl adjacent to an activating group) is 1. The molecular formula is C24H28N4O2S. The predicted molar refractivity (Wildman–Crippen MR) is 123 cm³/mol. The van der Waals surface area contributed by atoms with Crippen LogP contribution in [-0.2, 0) is 28.9 Å². The molecule has 0 spiro atoms. The highest BCUT2D eigenvalue weighted by Gasteiger charge is 2.24. The van der Waals surface area contributed by atoms with Crippen molar-refractivity contribution in [2.24, 2.45) is 0 Å². The maximum Gasteiger partial charge on any atom is 0.243 e. The Morgan fingerprint density at radius 1 is 1.29 bits per heavy atom. The molecule has 7 heteroatoms. The van der Waals surface area contributed by atoms with Crippen LogP contribution in [0.2, 0.25) is 0 Å². The van der Waals surface area contributed by atoms with Gasteiger partial charge >= 0.3 is 0 Å². The number of pyridine rings is 1. The number of para-hydroxylation sites is 1. The summed E-state index contributed by atoms with van der Waals surface area (Å²) in [5.41, 5.74) is 4.52. The molecule has 1 unspecified atom stereocenters. The minimum Gasteiger partial charge on any atom is -0.335 e. The number of carbonyl (C=O) groups is 2. The Labute approximate surface area is 188 Å². The highest BCUT2D eigenvalue weighted by atomic mass is 32.2. The fourth-order valence-corrected chi connectivity index (χ4v) is 4.76. The highest BCUT2D eigenvalue weighted by molar-refractivity contribution is 8.00. The average molecular weight is 437 g/mol. The topological polar surface area (TPSA) is 86.1 Å². The molecule has 31 heavy (non-hydrogen) atoms. The van der Waals surface area contributed by atoms with Crippen molar-refractivity contribution in [1.82, 2.24) is 9.88 Å². The van der Waals surface area contributed by atoms with Crippen molar-refractivity contribution < 1.29 is 9.59 Å². The van der Waals surface area contributed by atoms with Gasteiger partial charge in [-0.15, -0.1) is 0 Å². The molecule has 0 aliphatic heterocycles. The zero-order valence-corrected chi connectivity index (χ0v) is 19.1. The number of rotatable bonds is 7. The number of aromatic nitrogens is 1. The number of nitriles is 1. The van der Waals surface area contributed by atoms with E-state index in [2.05, 4.69) is 11.4 Å². The lowest BCUT2D eigenvalue weighted by Gasteiger charge is -2.22. The van der Waals surface area contributed by atoms with Crippen LogP contribution in [0, 0.1) is 11.3 Å². The molecule has 1 heterocycles. The van der Waals surface area contributed by atoms with Crippen molar-refractivity contribution in [3.05, 3.63) is 52.7 Å². The second-order valence-corrected chi connectivity index (χ2v) is 9.11. The number of hydrogen-bond donors (Lipinski definition) is 1. The number of amides is 2. The van der Waals surface area contributed by atoms with E-state index >= 15 is 0 Å². The maximum atomic E-state index is 12.9. The Bertz CT molecular complexity index is 1020. The number of carbonyl (C=O) groups excluding carboxylic acids is 2. The molecule has 1 atom stereocenters. The van der Waals surface area contributed by atoms with Crippen LogP contribution in [0.3, 0.4) is 0 Å². The van der Waals surface area contributed by atoms with Crippen LogP contribution < -0.4 is 5.32 Å². The van der Waals surface area contributed by atoms with E-state index in [1.807, 2.05) is 37.3 Å². The van der Waals surface area contributed by atoms with Gasteiger partial charge in [0.25, 0.3) is 0 Å². The summed E-state index contributed by atoms with van der Waals surface area (Å²) in [6.45, 7) is 3.78. The molecule has 3 rings (SSSR count). The summed E-state index contributed by atoms with van der Waals surface area (Å²) in [6, 6.07) is 11.8. The van der Waals surface area contributed by atoms with Crippen LogP contribution in [0.5, 0.6) is 0 Å². The van der Waals surface area contributed by atoms with Gasteiger partial charge in [-0.2, -0.15) is 5.26 Å². The Hall–Kier alpha value is -2.85. The molecule has 0 saturated heterocycles. The molecule has 0 fully saturated rings. The zero-order valence-electron chi connectivity index (χ0n) is 18.3. The van der Waals surface area contributed by atoms with Gasteiger partial charge in [-0.1, -0.05) is 36.9 Å². The summed E-state index contributed by atoms with van der Waals surface area (Å²) >= 11 is 1.28. The van der Waals surface area contributed by atoms with Gasteiger partial charge in [0.15, 0.2) is 0 Å². The summed E-state index contributed by atoms with van der Waals surface area (Å²) in [6.07, 6.45) is 4.90. The van der Waals surface area contributed by atoms with E-state index in [9.17, 15) is 14.9 Å². The van der Waals surface area contributed by atoms with Crippen molar-refractivity contribution in [1.29, 1.82) is 5.26 Å². The number of benzene rings is 1. The van der Waals surface area contributed by atoms with Gasteiger partial charge in [0.2, 0.25) is 11.8 Å². The van der Waals surface area contributed by atoms with E-state index < -0.39 is 5.25 Å². The van der Waals surface area contributed by atoms with Crippen LogP contribution in [0.25, 0.3) is 0 Å². The van der Waals surface area contributed by atoms with E-state index in [0.717, 1.165) is 54.6 Å². The number of nitrogens with zero attached hydrogens (tertiary/aromatic N) is 3. The van der Waals surface area contributed by atoms with Crippen LogP contribution in [-0.4, -0.2) is 40.5 Å². The van der Waals surface area contributed by atoms with Crippen molar-refractivity contribution in [2.45, 2.75) is 56.2 Å². The molecule has 2 aromatic rings. The third-order valence-corrected chi connectivity index (χ3v) is 6.54. The van der Waals surface area contributed by atoms with Crippen LogP contribution in [0.1, 0.15) is 49.1 Å². The number of fused-ring (bicyclic) bond motifs is 1. The van der Waals surface area contributed by atoms with E-state index in [-0.39, 0.29) is 18.4 Å². The first kappa shape index (κ1) is 22.8. The van der Waals surface area contributed by atoms with E-state index in [0.29, 0.717) is 10.6 Å². The molecule has 1 aromatic carbocycles. The van der Waals surface area contributed by atoms with Gasteiger partial charge in [0.05, 0.1) is 17.4 Å². The number of nitrogens with one attached hydrogen (secondary N) is 1. The number of aryl methyl sites for hydroxylation is 3. The summed E-state index contributed by atoms with van der Waals surface area (Å²) in [5.74, 6) is -0.411. The number of hydrogen-bond acceptors (Lipinski definition) is 5. The van der Waals surface area contributed by atoms with Gasteiger partial charge in [0, 0.05) is 18.4 Å². The molecule has 1 aliphatic carbocycles. The summed E-state index contributed by atoms with van der Waals surface area (Å²) in [4.78, 5) is 31.4. The van der Waals surface area contributed by atoms with Crippen molar-refractivity contribution >= 4 is 29.3 Å². The predicted octanol–water partition coefficient (Wildman–Crippen LogP) is 3.97. The molecule has 0 saturated carbocycles. The van der Waals surface area contributed by atoms with Crippen LogP contribution in [0.15, 0.2) is 35.4 Å². The highest BCUT2D eigenvalue weighted by Crippen LogP contribution is 2.30. The summed E-state index contributed by atoms with van der Waals surface area (Å²) in [5, 5.41) is 12.6. The molecule has 0 radical (unpaired) electrons. The molecular weight excluding hydrogens is 408 g/mol. The first-order valence-corrected chi connectivity index (χ1v) is 11.5. The van der Waals surface area contributed by atoms with Gasteiger partial charge in [-0.05, 0) is 62.3 Å². The lowest BCUT2D eigenvalue weighted by Crippen LogP contribution is -2.39. The number of thioether (sulfide) groups is 1. The molecule has 162 valence electrons. The Morgan fingerprint density at radius 3 is 2.77 bits per heavy atom. The van der Waals surface area contributed by atoms with Gasteiger partial charge in [0.1, 0.15) is 11.1 Å². The molecule has 6 nitrogen and oxygen atoms in total. The summed E-state index contributed by atoms with van der Waals surface area (Å²) < 4.78 is 0. The Kier molecular flexibility index (Phi) is 7.69. The molecule has 0 bridgehead atoms. The standard InChI is InChI=1S/C24H28N4O2S/c1-4-17-9-5-7-11-20(17)26-22(29)15-28(3)24(30)16(2)31-23-19(14-25)13-18-10-6-8-12-21(18)27-23/h5,7,9,11,13,16H,4,6,8,10,12,15H2,1-3H3,(H,26,29). The molecule has 1 aromatic heterocycles. The molecule has 1 N–H and O–H groups in total. The lowest BCUT2D eigenvalue weighted by atomic mass is 9.95. The number of anilines is 1. The SMILES string of the molecule is CCc1ccccc1NC(=O)CN(C)C(=O)C(C)Sc1nc2c(cc1C#N)CCCC2. The normalized spacial score (nSPS) is 13.6.